The maximum Gasteiger partial charge on any atom is 0.229 e. The number of halogens is 1. The van der Waals surface area contributed by atoms with Crippen LogP contribution in [-0.2, 0) is 17.6 Å². The Bertz CT molecular complexity index is 979. The van der Waals surface area contributed by atoms with Gasteiger partial charge in [-0.15, -0.1) is 0 Å². The third-order valence-corrected chi connectivity index (χ3v) is 5.12. The van der Waals surface area contributed by atoms with E-state index >= 15 is 0 Å². The Morgan fingerprint density at radius 1 is 1.26 bits per heavy atom. The molecule has 0 saturated heterocycles. The number of carbonyl (C=O) groups excluding carboxylic acids is 1. The second-order valence-corrected chi connectivity index (χ2v) is 7.08. The fraction of sp³-hybridized carbons (Fsp3) is 0.273. The van der Waals surface area contributed by atoms with Gasteiger partial charge in [-0.2, -0.15) is 5.10 Å². The molecule has 1 aliphatic rings. The number of hydrogen-bond donors (Lipinski definition) is 1. The van der Waals surface area contributed by atoms with E-state index in [1.807, 2.05) is 11.6 Å². The van der Waals surface area contributed by atoms with Crippen molar-refractivity contribution >= 4 is 11.7 Å². The zero-order valence-electron chi connectivity index (χ0n) is 15.3. The van der Waals surface area contributed by atoms with Crippen molar-refractivity contribution in [2.24, 2.45) is 0 Å². The minimum Gasteiger partial charge on any atom is -0.310 e. The molecule has 0 radical (unpaired) electrons. The number of carbonyl (C=O) groups is 1. The SMILES string of the molecule is Cc1cnn(C2CCCc3ccccc32)c1NC(=O)Cc1cccc(F)c1. The molecule has 4 rings (SSSR count). The van der Waals surface area contributed by atoms with Crippen molar-refractivity contribution in [1.29, 1.82) is 0 Å². The third-order valence-electron chi connectivity index (χ3n) is 5.12. The lowest BCUT2D eigenvalue weighted by Crippen LogP contribution is -2.23. The molecule has 4 nitrogen and oxygen atoms in total. The predicted molar refractivity (Wildman–Crippen MR) is 103 cm³/mol. The van der Waals surface area contributed by atoms with Gasteiger partial charge in [0.2, 0.25) is 5.91 Å². The van der Waals surface area contributed by atoms with E-state index in [-0.39, 0.29) is 24.2 Å². The van der Waals surface area contributed by atoms with Gasteiger partial charge in [0.25, 0.3) is 0 Å². The summed E-state index contributed by atoms with van der Waals surface area (Å²) in [4.78, 5) is 12.5. The van der Waals surface area contributed by atoms with E-state index in [1.165, 1.54) is 23.3 Å². The van der Waals surface area contributed by atoms with Crippen molar-refractivity contribution in [3.05, 3.63) is 82.8 Å². The van der Waals surface area contributed by atoms with E-state index in [1.54, 1.807) is 18.3 Å². The van der Waals surface area contributed by atoms with Crippen LogP contribution in [0, 0.1) is 12.7 Å². The molecule has 0 aliphatic heterocycles. The molecule has 1 unspecified atom stereocenters. The van der Waals surface area contributed by atoms with Crippen LogP contribution in [0.5, 0.6) is 0 Å². The van der Waals surface area contributed by atoms with E-state index in [9.17, 15) is 9.18 Å². The second-order valence-electron chi connectivity index (χ2n) is 7.08. The van der Waals surface area contributed by atoms with E-state index < -0.39 is 0 Å². The van der Waals surface area contributed by atoms with Gasteiger partial charge in [0.1, 0.15) is 11.6 Å². The largest absolute Gasteiger partial charge is 0.310 e. The highest BCUT2D eigenvalue weighted by Crippen LogP contribution is 2.35. The van der Waals surface area contributed by atoms with Gasteiger partial charge in [-0.05, 0) is 55.0 Å². The lowest BCUT2D eigenvalue weighted by atomic mass is 9.88. The van der Waals surface area contributed by atoms with Gasteiger partial charge in [0, 0.05) is 5.56 Å². The summed E-state index contributed by atoms with van der Waals surface area (Å²) in [5.74, 6) is 0.216. The van der Waals surface area contributed by atoms with Gasteiger partial charge < -0.3 is 5.32 Å². The molecule has 138 valence electrons. The summed E-state index contributed by atoms with van der Waals surface area (Å²) in [5, 5.41) is 7.55. The highest BCUT2D eigenvalue weighted by molar-refractivity contribution is 5.92. The molecular formula is C22H22FN3O. The van der Waals surface area contributed by atoms with E-state index in [0.717, 1.165) is 30.6 Å². The number of benzene rings is 2. The van der Waals surface area contributed by atoms with Crippen LogP contribution in [0.3, 0.4) is 0 Å². The van der Waals surface area contributed by atoms with Crippen LogP contribution in [0.25, 0.3) is 0 Å². The standard InChI is InChI=1S/C22H22FN3O/c1-15-14-24-26(20-11-5-8-17-7-2-3-10-19(17)20)22(15)25-21(27)13-16-6-4-9-18(23)12-16/h2-4,6-7,9-10,12,14,20H,5,8,11,13H2,1H3,(H,25,27). The molecule has 3 aromatic rings. The molecular weight excluding hydrogens is 341 g/mol. The van der Waals surface area contributed by atoms with Crippen LogP contribution in [0.15, 0.2) is 54.7 Å². The Kier molecular flexibility index (Phi) is 4.75. The second kappa shape index (κ2) is 7.35. The first-order valence-electron chi connectivity index (χ1n) is 9.28. The Balaban J connectivity index is 1.59. The quantitative estimate of drug-likeness (QED) is 0.745. The van der Waals surface area contributed by atoms with Crippen molar-refractivity contribution in [2.45, 2.75) is 38.6 Å². The summed E-state index contributed by atoms with van der Waals surface area (Å²) < 4.78 is 15.3. The Morgan fingerprint density at radius 2 is 2.11 bits per heavy atom. The molecule has 5 heteroatoms. The van der Waals surface area contributed by atoms with Gasteiger partial charge in [-0.3, -0.25) is 4.79 Å². The first kappa shape index (κ1) is 17.5. The lowest BCUT2D eigenvalue weighted by Gasteiger charge is -2.27. The monoisotopic (exact) mass is 363 g/mol. The number of hydrogen-bond acceptors (Lipinski definition) is 2. The molecule has 1 atom stereocenters. The van der Waals surface area contributed by atoms with Crippen LogP contribution in [0.2, 0.25) is 0 Å². The Morgan fingerprint density at radius 3 is 2.96 bits per heavy atom. The summed E-state index contributed by atoms with van der Waals surface area (Å²) in [6.45, 7) is 1.94. The van der Waals surface area contributed by atoms with E-state index in [4.69, 9.17) is 0 Å². The third kappa shape index (κ3) is 3.63. The molecule has 27 heavy (non-hydrogen) atoms. The van der Waals surface area contributed by atoms with Crippen LogP contribution in [0.1, 0.15) is 41.1 Å². The van der Waals surface area contributed by atoms with Gasteiger partial charge in [0.15, 0.2) is 0 Å². The van der Waals surface area contributed by atoms with Gasteiger partial charge in [0.05, 0.1) is 18.7 Å². The summed E-state index contributed by atoms with van der Waals surface area (Å²) in [5.41, 5.74) is 4.19. The molecule has 0 fully saturated rings. The highest BCUT2D eigenvalue weighted by Gasteiger charge is 2.25. The highest BCUT2D eigenvalue weighted by atomic mass is 19.1. The molecule has 1 N–H and O–H groups in total. The minimum atomic E-state index is -0.333. The van der Waals surface area contributed by atoms with Crippen molar-refractivity contribution in [2.75, 3.05) is 5.32 Å². The number of nitrogens with zero attached hydrogens (tertiary/aromatic N) is 2. The number of aromatic nitrogens is 2. The Hall–Kier alpha value is -2.95. The smallest absolute Gasteiger partial charge is 0.229 e. The molecule has 1 heterocycles. The minimum absolute atomic E-state index is 0.119. The average Bonchev–Trinajstić information content (AvgIpc) is 3.01. The molecule has 1 amide bonds. The fourth-order valence-electron chi connectivity index (χ4n) is 3.83. The first-order valence-corrected chi connectivity index (χ1v) is 9.28. The van der Waals surface area contributed by atoms with Crippen LogP contribution >= 0.6 is 0 Å². The first-order chi connectivity index (χ1) is 13.1. The zero-order chi connectivity index (χ0) is 18.8. The number of anilines is 1. The number of fused-ring (bicyclic) bond motifs is 1. The molecule has 0 spiro atoms. The van der Waals surface area contributed by atoms with Crippen molar-refractivity contribution in [3.8, 4) is 0 Å². The number of aryl methyl sites for hydroxylation is 2. The lowest BCUT2D eigenvalue weighted by molar-refractivity contribution is -0.115. The fourth-order valence-corrected chi connectivity index (χ4v) is 3.83. The zero-order valence-corrected chi connectivity index (χ0v) is 15.3. The summed E-state index contributed by atoms with van der Waals surface area (Å²) in [7, 11) is 0. The molecule has 1 aliphatic carbocycles. The molecule has 0 saturated carbocycles. The van der Waals surface area contributed by atoms with Crippen molar-refractivity contribution < 1.29 is 9.18 Å². The molecule has 0 bridgehead atoms. The summed E-state index contributed by atoms with van der Waals surface area (Å²) >= 11 is 0. The van der Waals surface area contributed by atoms with E-state index in [0.29, 0.717) is 5.56 Å². The molecule has 2 aromatic carbocycles. The van der Waals surface area contributed by atoms with Crippen LogP contribution in [-0.4, -0.2) is 15.7 Å². The van der Waals surface area contributed by atoms with E-state index in [2.05, 4.69) is 34.7 Å². The predicted octanol–water partition coefficient (Wildman–Crippen LogP) is 4.44. The normalized spacial score (nSPS) is 16.0. The van der Waals surface area contributed by atoms with Gasteiger partial charge >= 0.3 is 0 Å². The summed E-state index contributed by atoms with van der Waals surface area (Å²) in [6, 6.07) is 14.7. The maximum absolute atomic E-state index is 13.4. The maximum atomic E-state index is 13.4. The Labute approximate surface area is 158 Å². The van der Waals surface area contributed by atoms with Crippen molar-refractivity contribution in [1.82, 2.24) is 9.78 Å². The number of rotatable bonds is 4. The van der Waals surface area contributed by atoms with Gasteiger partial charge in [-0.25, -0.2) is 9.07 Å². The van der Waals surface area contributed by atoms with Crippen LogP contribution < -0.4 is 5.32 Å². The number of nitrogens with one attached hydrogen (secondary N) is 1. The topological polar surface area (TPSA) is 46.9 Å². The van der Waals surface area contributed by atoms with Gasteiger partial charge in [-0.1, -0.05) is 36.4 Å². The van der Waals surface area contributed by atoms with Crippen LogP contribution in [0.4, 0.5) is 10.2 Å². The summed E-state index contributed by atoms with van der Waals surface area (Å²) in [6.07, 6.45) is 5.08. The number of amides is 1. The average molecular weight is 363 g/mol. The molecule has 1 aromatic heterocycles. The van der Waals surface area contributed by atoms with Crippen molar-refractivity contribution in [3.63, 3.8) is 0 Å².